The summed E-state index contributed by atoms with van der Waals surface area (Å²) >= 11 is 0. The first-order valence-corrected chi connectivity index (χ1v) is 4.64. The highest BCUT2D eigenvalue weighted by atomic mass is 16.6. The zero-order valence-electron chi connectivity index (χ0n) is 9.22. The molecule has 0 bridgehead atoms. The first-order valence-electron chi connectivity index (χ1n) is 4.64. The van der Waals surface area contributed by atoms with E-state index in [2.05, 4.69) is 5.32 Å². The fourth-order valence-electron chi connectivity index (χ4n) is 1.16. The molecule has 7 nitrogen and oxygen atoms in total. The second-order valence-electron chi connectivity index (χ2n) is 3.21. The van der Waals surface area contributed by atoms with E-state index < -0.39 is 16.8 Å². The van der Waals surface area contributed by atoms with E-state index in [4.69, 9.17) is 4.74 Å². The van der Waals surface area contributed by atoms with Gasteiger partial charge in [0.25, 0.3) is 5.69 Å². The van der Waals surface area contributed by atoms with Crippen LogP contribution in [0.15, 0.2) is 18.2 Å². The number of hydrogen-bond acceptors (Lipinski definition) is 5. The Bertz CT molecular complexity index is 484. The average molecular weight is 238 g/mol. The molecule has 1 rings (SSSR count). The lowest BCUT2D eigenvalue weighted by Gasteiger charge is -2.08. The topological polar surface area (TPSA) is 98.5 Å². The molecular formula is C10H10N2O5. The van der Waals surface area contributed by atoms with Crippen LogP contribution in [0.25, 0.3) is 0 Å². The Morgan fingerprint density at radius 1 is 1.35 bits per heavy atom. The summed E-state index contributed by atoms with van der Waals surface area (Å²) in [5, 5.41) is 12.9. The van der Waals surface area contributed by atoms with Gasteiger partial charge in [-0.25, -0.2) is 0 Å². The zero-order valence-corrected chi connectivity index (χ0v) is 9.22. The zero-order chi connectivity index (χ0) is 13.0. The molecule has 0 aliphatic carbocycles. The summed E-state index contributed by atoms with van der Waals surface area (Å²) < 4.78 is 4.80. The molecule has 1 aromatic carbocycles. The molecule has 1 aromatic rings. The quantitative estimate of drug-likeness (QED) is 0.372. The van der Waals surface area contributed by atoms with Crippen LogP contribution in [-0.4, -0.2) is 16.8 Å². The fourth-order valence-corrected chi connectivity index (χ4v) is 1.16. The molecule has 0 atom stereocenters. The van der Waals surface area contributed by atoms with Crippen LogP contribution in [0.3, 0.4) is 0 Å². The number of carbonyl (C=O) groups is 2. The molecule has 0 saturated carbocycles. The Morgan fingerprint density at radius 3 is 2.47 bits per heavy atom. The minimum Gasteiger partial charge on any atom is -0.424 e. The molecule has 7 heteroatoms. The third kappa shape index (κ3) is 3.56. The summed E-state index contributed by atoms with van der Waals surface area (Å²) in [6.45, 7) is 2.44. The first-order chi connectivity index (χ1) is 7.90. The predicted molar refractivity (Wildman–Crippen MR) is 58.7 cm³/mol. The van der Waals surface area contributed by atoms with Crippen molar-refractivity contribution >= 4 is 23.3 Å². The molecule has 1 amide bonds. The standard InChI is InChI=1S/C10H10N2O5/c1-6(13)11-9-5-8(12(15)16)3-4-10(9)17-7(2)14/h3-5H,1-2H3,(H,11,13). The summed E-state index contributed by atoms with van der Waals surface area (Å²) in [4.78, 5) is 31.7. The van der Waals surface area contributed by atoms with Crippen LogP contribution in [0.1, 0.15) is 13.8 Å². The molecule has 0 aliphatic heterocycles. The van der Waals surface area contributed by atoms with Crippen LogP contribution in [-0.2, 0) is 9.59 Å². The van der Waals surface area contributed by atoms with Crippen molar-refractivity contribution in [1.82, 2.24) is 0 Å². The van der Waals surface area contributed by atoms with Crippen LogP contribution in [0.5, 0.6) is 5.75 Å². The van der Waals surface area contributed by atoms with E-state index in [0.717, 1.165) is 6.07 Å². The fraction of sp³-hybridized carbons (Fsp3) is 0.200. The van der Waals surface area contributed by atoms with Crippen LogP contribution < -0.4 is 10.1 Å². The number of nitrogens with one attached hydrogen (secondary N) is 1. The van der Waals surface area contributed by atoms with E-state index in [0.29, 0.717) is 0 Å². The Balaban J connectivity index is 3.15. The van der Waals surface area contributed by atoms with Gasteiger partial charge in [-0.15, -0.1) is 0 Å². The monoisotopic (exact) mass is 238 g/mol. The van der Waals surface area contributed by atoms with E-state index in [1.54, 1.807) is 0 Å². The molecule has 90 valence electrons. The highest BCUT2D eigenvalue weighted by Gasteiger charge is 2.13. The van der Waals surface area contributed by atoms with Crippen molar-refractivity contribution in [2.24, 2.45) is 0 Å². The van der Waals surface area contributed by atoms with Gasteiger partial charge >= 0.3 is 5.97 Å². The highest BCUT2D eigenvalue weighted by Crippen LogP contribution is 2.29. The SMILES string of the molecule is CC(=O)Nc1cc([N+](=O)[O-])ccc1OC(C)=O. The smallest absolute Gasteiger partial charge is 0.308 e. The number of nitro groups is 1. The number of ether oxygens (including phenoxy) is 1. The number of nitro benzene ring substituents is 1. The number of hydrogen-bond donors (Lipinski definition) is 1. The minimum absolute atomic E-state index is 0.0679. The molecule has 0 aliphatic rings. The maximum absolute atomic E-state index is 10.9. The normalized spacial score (nSPS) is 9.53. The average Bonchev–Trinajstić information content (AvgIpc) is 2.18. The van der Waals surface area contributed by atoms with Crippen LogP contribution >= 0.6 is 0 Å². The molecule has 0 radical (unpaired) electrons. The van der Waals surface area contributed by atoms with Crippen molar-refractivity contribution in [3.05, 3.63) is 28.3 Å². The Hall–Kier alpha value is -2.44. The second-order valence-corrected chi connectivity index (χ2v) is 3.21. The maximum Gasteiger partial charge on any atom is 0.308 e. The van der Waals surface area contributed by atoms with Gasteiger partial charge in [0.1, 0.15) is 0 Å². The number of amides is 1. The summed E-state index contributed by atoms with van der Waals surface area (Å²) in [5.41, 5.74) is -0.119. The van der Waals surface area contributed by atoms with Gasteiger partial charge in [-0.2, -0.15) is 0 Å². The number of benzene rings is 1. The van der Waals surface area contributed by atoms with Gasteiger partial charge in [-0.1, -0.05) is 0 Å². The molecule has 0 aromatic heterocycles. The molecule has 0 spiro atoms. The summed E-state index contributed by atoms with van der Waals surface area (Å²) in [7, 11) is 0. The van der Waals surface area contributed by atoms with Gasteiger partial charge < -0.3 is 10.1 Å². The minimum atomic E-state index is -0.608. The number of rotatable bonds is 3. The number of esters is 1. The largest absolute Gasteiger partial charge is 0.424 e. The Labute approximate surface area is 96.5 Å². The third-order valence-electron chi connectivity index (χ3n) is 1.74. The van der Waals surface area contributed by atoms with Crippen molar-refractivity contribution in [1.29, 1.82) is 0 Å². The van der Waals surface area contributed by atoms with Gasteiger partial charge in [-0.3, -0.25) is 19.7 Å². The molecule has 0 heterocycles. The van der Waals surface area contributed by atoms with Crippen LogP contribution in [0.2, 0.25) is 0 Å². The van der Waals surface area contributed by atoms with Crippen molar-refractivity contribution in [2.45, 2.75) is 13.8 Å². The lowest BCUT2D eigenvalue weighted by molar-refractivity contribution is -0.384. The lowest BCUT2D eigenvalue weighted by Crippen LogP contribution is -2.10. The third-order valence-corrected chi connectivity index (χ3v) is 1.74. The summed E-state index contributed by atoms with van der Waals surface area (Å²) in [5.74, 6) is -0.928. The number of non-ortho nitro benzene ring substituents is 1. The van der Waals surface area contributed by atoms with E-state index in [-0.39, 0.29) is 17.1 Å². The molecular weight excluding hydrogens is 228 g/mol. The first kappa shape index (κ1) is 12.6. The predicted octanol–water partition coefficient (Wildman–Crippen LogP) is 1.48. The van der Waals surface area contributed by atoms with Gasteiger partial charge in [0.05, 0.1) is 10.6 Å². The van der Waals surface area contributed by atoms with Crippen molar-refractivity contribution in [3.63, 3.8) is 0 Å². The Kier molecular flexibility index (Phi) is 3.76. The number of nitrogens with zero attached hydrogens (tertiary/aromatic N) is 1. The van der Waals surface area contributed by atoms with Gasteiger partial charge in [-0.05, 0) is 6.07 Å². The van der Waals surface area contributed by atoms with Crippen molar-refractivity contribution in [3.8, 4) is 5.75 Å². The van der Waals surface area contributed by atoms with Gasteiger partial charge in [0.15, 0.2) is 5.75 Å². The summed E-state index contributed by atoms with van der Waals surface area (Å²) in [6, 6.07) is 3.56. The number of carbonyl (C=O) groups excluding carboxylic acids is 2. The molecule has 1 N–H and O–H groups in total. The van der Waals surface area contributed by atoms with E-state index >= 15 is 0 Å². The van der Waals surface area contributed by atoms with Crippen LogP contribution in [0, 0.1) is 10.1 Å². The molecule has 0 fully saturated rings. The van der Waals surface area contributed by atoms with Gasteiger partial charge in [0, 0.05) is 26.0 Å². The Morgan fingerprint density at radius 2 is 2.00 bits per heavy atom. The van der Waals surface area contributed by atoms with Crippen molar-refractivity contribution in [2.75, 3.05) is 5.32 Å². The van der Waals surface area contributed by atoms with E-state index in [9.17, 15) is 19.7 Å². The van der Waals surface area contributed by atoms with Crippen LogP contribution in [0.4, 0.5) is 11.4 Å². The molecule has 0 saturated heterocycles. The van der Waals surface area contributed by atoms with Gasteiger partial charge in [0.2, 0.25) is 5.91 Å². The van der Waals surface area contributed by atoms with Crippen molar-refractivity contribution < 1.29 is 19.2 Å². The summed E-state index contributed by atoms with van der Waals surface area (Å²) in [6.07, 6.45) is 0. The molecule has 0 unspecified atom stereocenters. The molecule has 17 heavy (non-hydrogen) atoms. The van der Waals surface area contributed by atoms with E-state index in [1.807, 2.05) is 0 Å². The second kappa shape index (κ2) is 5.06. The van der Waals surface area contributed by atoms with E-state index in [1.165, 1.54) is 26.0 Å². The highest BCUT2D eigenvalue weighted by molar-refractivity contribution is 5.91. The lowest BCUT2D eigenvalue weighted by atomic mass is 10.2. The number of anilines is 1. The maximum atomic E-state index is 10.9.